The van der Waals surface area contributed by atoms with Gasteiger partial charge in [0, 0.05) is 16.2 Å². The second-order valence-corrected chi connectivity index (χ2v) is 6.95. The first-order chi connectivity index (χ1) is 12.0. The quantitative estimate of drug-likeness (QED) is 0.540. The largest absolute Gasteiger partial charge is 0.331 e. The number of hydrogen-bond acceptors (Lipinski definition) is 2. The zero-order valence-corrected chi connectivity index (χ0v) is 15.9. The Kier molecular flexibility index (Phi) is 5.81. The summed E-state index contributed by atoms with van der Waals surface area (Å²) in [6.07, 6.45) is 3.56. The van der Waals surface area contributed by atoms with Crippen molar-refractivity contribution in [3.63, 3.8) is 0 Å². The number of thiocarbonyl (C=S) groups is 1. The summed E-state index contributed by atoms with van der Waals surface area (Å²) < 4.78 is 1.80. The van der Waals surface area contributed by atoms with Crippen molar-refractivity contribution in [3.05, 3.63) is 75.5 Å². The van der Waals surface area contributed by atoms with E-state index in [9.17, 15) is 0 Å². The predicted molar refractivity (Wildman–Crippen MR) is 109 cm³/mol. The molecule has 1 aromatic heterocycles. The minimum atomic E-state index is 0.409. The van der Waals surface area contributed by atoms with E-state index in [2.05, 4.69) is 15.7 Å². The Labute approximate surface area is 165 Å². The van der Waals surface area contributed by atoms with Crippen LogP contribution in [0.4, 0.5) is 11.4 Å². The van der Waals surface area contributed by atoms with Crippen molar-refractivity contribution in [2.24, 2.45) is 0 Å². The summed E-state index contributed by atoms with van der Waals surface area (Å²) in [6.45, 7) is 0.617. The van der Waals surface area contributed by atoms with E-state index in [1.54, 1.807) is 29.1 Å². The third kappa shape index (κ3) is 5.09. The van der Waals surface area contributed by atoms with Gasteiger partial charge in [0.15, 0.2) is 5.11 Å². The van der Waals surface area contributed by atoms with Crippen molar-refractivity contribution >= 4 is 63.5 Å². The van der Waals surface area contributed by atoms with E-state index in [0.717, 1.165) is 11.3 Å². The van der Waals surface area contributed by atoms with E-state index in [-0.39, 0.29) is 0 Å². The molecule has 2 N–H and O–H groups in total. The van der Waals surface area contributed by atoms with Crippen LogP contribution in [0.1, 0.15) is 5.56 Å². The molecule has 4 nitrogen and oxygen atoms in total. The second-order valence-electron chi connectivity index (χ2n) is 5.26. The van der Waals surface area contributed by atoms with Crippen LogP contribution < -0.4 is 10.6 Å². The van der Waals surface area contributed by atoms with E-state index in [4.69, 9.17) is 47.0 Å². The standard InChI is InChI=1S/C17H13Cl3N4S/c18-12-3-1-2-11(6-12)9-24-10-14(8-21-24)22-17(25)23-16-5-4-13(19)7-15(16)20/h1-8,10H,9H2,(H2,22,23,25). The summed E-state index contributed by atoms with van der Waals surface area (Å²) in [5, 5.41) is 12.6. The number of benzene rings is 2. The molecule has 0 atom stereocenters. The number of halogens is 3. The van der Waals surface area contributed by atoms with Gasteiger partial charge in [-0.1, -0.05) is 46.9 Å². The average molecular weight is 412 g/mol. The van der Waals surface area contributed by atoms with Crippen molar-refractivity contribution in [2.75, 3.05) is 10.6 Å². The number of hydrogen-bond donors (Lipinski definition) is 2. The highest BCUT2D eigenvalue weighted by molar-refractivity contribution is 7.80. The molecule has 0 radical (unpaired) electrons. The third-order valence-corrected chi connectivity index (χ3v) is 4.29. The van der Waals surface area contributed by atoms with Crippen molar-refractivity contribution in [2.45, 2.75) is 6.54 Å². The maximum Gasteiger partial charge on any atom is 0.175 e. The molecule has 8 heteroatoms. The minimum Gasteiger partial charge on any atom is -0.331 e. The van der Waals surface area contributed by atoms with Gasteiger partial charge in [-0.25, -0.2) is 0 Å². The van der Waals surface area contributed by atoms with Crippen molar-refractivity contribution in [3.8, 4) is 0 Å². The predicted octanol–water partition coefficient (Wildman–Crippen LogP) is 5.70. The lowest BCUT2D eigenvalue weighted by Gasteiger charge is -2.10. The Balaban J connectivity index is 1.61. The minimum absolute atomic E-state index is 0.409. The molecule has 0 saturated heterocycles. The molecule has 0 spiro atoms. The summed E-state index contributed by atoms with van der Waals surface area (Å²) in [4.78, 5) is 0. The van der Waals surface area contributed by atoms with Gasteiger partial charge in [0.05, 0.1) is 29.1 Å². The van der Waals surface area contributed by atoms with Crippen molar-refractivity contribution in [1.82, 2.24) is 9.78 Å². The van der Waals surface area contributed by atoms with Gasteiger partial charge in [-0.15, -0.1) is 0 Å². The summed E-state index contributed by atoms with van der Waals surface area (Å²) in [5.41, 5.74) is 2.51. The lowest BCUT2D eigenvalue weighted by Crippen LogP contribution is -2.19. The highest BCUT2D eigenvalue weighted by Gasteiger charge is 2.06. The second kappa shape index (κ2) is 8.06. The first kappa shape index (κ1) is 18.0. The summed E-state index contributed by atoms with van der Waals surface area (Å²) in [5.74, 6) is 0. The maximum atomic E-state index is 6.12. The molecule has 1 heterocycles. The summed E-state index contributed by atoms with van der Waals surface area (Å²) >= 11 is 23.3. The van der Waals surface area contributed by atoms with Gasteiger partial charge in [0.2, 0.25) is 0 Å². The third-order valence-electron chi connectivity index (χ3n) is 3.30. The smallest absolute Gasteiger partial charge is 0.175 e. The molecule has 0 aliphatic rings. The Bertz CT molecular complexity index is 910. The fourth-order valence-corrected chi connectivity index (χ4v) is 3.11. The maximum absolute atomic E-state index is 6.12. The molecule has 2 aromatic carbocycles. The van der Waals surface area contributed by atoms with Gasteiger partial charge in [-0.3, -0.25) is 4.68 Å². The number of anilines is 2. The molecule has 3 rings (SSSR count). The number of nitrogens with zero attached hydrogens (tertiary/aromatic N) is 2. The molecule has 0 fully saturated rings. The van der Waals surface area contributed by atoms with Crippen LogP contribution in [0, 0.1) is 0 Å². The lowest BCUT2D eigenvalue weighted by molar-refractivity contribution is 0.687. The van der Waals surface area contributed by atoms with E-state index in [1.165, 1.54) is 0 Å². The van der Waals surface area contributed by atoms with Crippen LogP contribution in [0.3, 0.4) is 0 Å². The van der Waals surface area contributed by atoms with E-state index < -0.39 is 0 Å². The van der Waals surface area contributed by atoms with Crippen molar-refractivity contribution in [1.29, 1.82) is 0 Å². The van der Waals surface area contributed by atoms with Crippen LogP contribution in [0.5, 0.6) is 0 Å². The topological polar surface area (TPSA) is 41.9 Å². The normalized spacial score (nSPS) is 10.5. The van der Waals surface area contributed by atoms with Gasteiger partial charge >= 0.3 is 0 Å². The molecule has 0 bridgehead atoms. The van der Waals surface area contributed by atoms with Crippen LogP contribution in [-0.2, 0) is 6.54 Å². The Hall–Kier alpha value is -1.79. The highest BCUT2D eigenvalue weighted by Crippen LogP contribution is 2.25. The summed E-state index contributed by atoms with van der Waals surface area (Å²) in [6, 6.07) is 12.8. The lowest BCUT2D eigenvalue weighted by atomic mass is 10.2. The number of nitrogens with one attached hydrogen (secondary N) is 2. The highest BCUT2D eigenvalue weighted by atomic mass is 35.5. The van der Waals surface area contributed by atoms with E-state index in [1.807, 2.05) is 30.5 Å². The van der Waals surface area contributed by atoms with Gasteiger partial charge in [-0.05, 0) is 48.1 Å². The van der Waals surface area contributed by atoms with Crippen LogP contribution in [0.25, 0.3) is 0 Å². The Morgan fingerprint density at radius 2 is 1.84 bits per heavy atom. The van der Waals surface area contributed by atoms with Gasteiger partial charge in [-0.2, -0.15) is 5.10 Å². The average Bonchev–Trinajstić information content (AvgIpc) is 2.97. The van der Waals surface area contributed by atoms with Crippen LogP contribution in [0.15, 0.2) is 54.9 Å². The molecule has 3 aromatic rings. The monoisotopic (exact) mass is 410 g/mol. The first-order valence-electron chi connectivity index (χ1n) is 7.29. The first-order valence-corrected chi connectivity index (χ1v) is 8.84. The molecule has 0 aliphatic heterocycles. The molecule has 0 saturated carbocycles. The molecule has 0 amide bonds. The molecule has 0 aliphatic carbocycles. The molecular weight excluding hydrogens is 399 g/mol. The Morgan fingerprint density at radius 1 is 1.04 bits per heavy atom. The van der Waals surface area contributed by atoms with Gasteiger partial charge in [0.25, 0.3) is 0 Å². The zero-order chi connectivity index (χ0) is 17.8. The SMILES string of the molecule is S=C(Nc1cnn(Cc2cccc(Cl)c2)c1)Nc1ccc(Cl)cc1Cl. The number of aromatic nitrogens is 2. The molecule has 25 heavy (non-hydrogen) atoms. The van der Waals surface area contributed by atoms with Crippen LogP contribution in [-0.4, -0.2) is 14.9 Å². The fraction of sp³-hybridized carbons (Fsp3) is 0.0588. The summed E-state index contributed by atoms with van der Waals surface area (Å²) in [7, 11) is 0. The van der Waals surface area contributed by atoms with Crippen molar-refractivity contribution < 1.29 is 0 Å². The molecule has 128 valence electrons. The van der Waals surface area contributed by atoms with E-state index >= 15 is 0 Å². The molecule has 0 unspecified atom stereocenters. The van der Waals surface area contributed by atoms with Crippen LogP contribution in [0.2, 0.25) is 15.1 Å². The zero-order valence-electron chi connectivity index (χ0n) is 12.8. The number of rotatable bonds is 4. The van der Waals surface area contributed by atoms with Gasteiger partial charge in [0.1, 0.15) is 0 Å². The van der Waals surface area contributed by atoms with E-state index in [0.29, 0.717) is 32.4 Å². The fourth-order valence-electron chi connectivity index (χ4n) is 2.21. The van der Waals surface area contributed by atoms with Crippen LogP contribution >= 0.6 is 47.0 Å². The van der Waals surface area contributed by atoms with Gasteiger partial charge < -0.3 is 10.6 Å². The molecular formula is C17H13Cl3N4S. The Morgan fingerprint density at radius 3 is 2.60 bits per heavy atom.